The molecule has 39 heavy (non-hydrogen) atoms. The average molecular weight is 580 g/mol. The fourth-order valence-corrected chi connectivity index (χ4v) is 10.6. The van der Waals surface area contributed by atoms with Crippen molar-refractivity contribution in [3.8, 4) is 11.5 Å². The quantitative estimate of drug-likeness (QED) is 0.357. The summed E-state index contributed by atoms with van der Waals surface area (Å²) >= 11 is 0. The van der Waals surface area contributed by atoms with Crippen LogP contribution in [-0.2, 0) is 34.1 Å². The number of hydrogen-bond acceptors (Lipinski definition) is 10. The zero-order valence-corrected chi connectivity index (χ0v) is 24.6. The van der Waals surface area contributed by atoms with Gasteiger partial charge in [-0.05, 0) is 64.1 Å². The molecule has 212 valence electrons. The van der Waals surface area contributed by atoms with Crippen molar-refractivity contribution >= 4 is 29.2 Å². The Morgan fingerprint density at radius 1 is 0.872 bits per heavy atom. The molecule has 2 aromatic carbocycles. The molecule has 4 rings (SSSR count). The van der Waals surface area contributed by atoms with Crippen molar-refractivity contribution in [2.45, 2.75) is 37.8 Å². The standard InChI is InChI=1S/C26H34N3O8PS/c1-7-29(8-2)24-25(20-13-17-22(34-6)18-14-20)26(39(31,32)28-24,38(30,35-9-3)36-10-4)23(27-37-25)19-11-15-21(33-5)16-12-19/h11-18H,7-10H2,1-6H3. The van der Waals surface area contributed by atoms with Gasteiger partial charge in [-0.2, -0.15) is 0 Å². The lowest BCUT2D eigenvalue weighted by atomic mass is 9.84. The van der Waals surface area contributed by atoms with Crippen molar-refractivity contribution < 1.29 is 36.3 Å². The minimum absolute atomic E-state index is 0.0459. The number of oxime groups is 1. The van der Waals surface area contributed by atoms with Crippen LogP contribution in [0.5, 0.6) is 11.5 Å². The number of fused-ring (bicyclic) bond motifs is 1. The molecule has 2 unspecified atom stereocenters. The van der Waals surface area contributed by atoms with Crippen LogP contribution in [0.3, 0.4) is 0 Å². The number of hydrogen-bond donors (Lipinski definition) is 0. The molecule has 0 N–H and O–H groups in total. The van der Waals surface area contributed by atoms with Crippen molar-refractivity contribution in [2.24, 2.45) is 9.55 Å². The average Bonchev–Trinajstić information content (AvgIpc) is 3.41. The van der Waals surface area contributed by atoms with Crippen molar-refractivity contribution in [3.05, 3.63) is 59.7 Å². The minimum Gasteiger partial charge on any atom is -0.497 e. The maximum Gasteiger partial charge on any atom is 0.365 e. The Hall–Kier alpha value is -2.92. The molecule has 2 atom stereocenters. The summed E-state index contributed by atoms with van der Waals surface area (Å²) in [5, 5.41) is 4.36. The molecule has 2 aliphatic heterocycles. The van der Waals surface area contributed by atoms with Gasteiger partial charge in [-0.15, -0.1) is 4.40 Å². The monoisotopic (exact) mass is 579 g/mol. The van der Waals surface area contributed by atoms with Gasteiger partial charge in [-0.1, -0.05) is 17.3 Å². The summed E-state index contributed by atoms with van der Waals surface area (Å²) in [6.07, 6.45) is 0. The first-order chi connectivity index (χ1) is 18.7. The van der Waals surface area contributed by atoms with E-state index in [-0.39, 0.29) is 24.8 Å². The Bertz CT molecular complexity index is 1400. The largest absolute Gasteiger partial charge is 0.497 e. The second-order valence-electron chi connectivity index (χ2n) is 8.71. The highest BCUT2D eigenvalue weighted by molar-refractivity contribution is 8.00. The van der Waals surface area contributed by atoms with Crippen LogP contribution in [0.25, 0.3) is 0 Å². The highest BCUT2D eigenvalue weighted by Crippen LogP contribution is 2.74. The van der Waals surface area contributed by atoms with E-state index in [4.69, 9.17) is 23.4 Å². The van der Waals surface area contributed by atoms with E-state index in [9.17, 15) is 8.42 Å². The smallest absolute Gasteiger partial charge is 0.365 e. The summed E-state index contributed by atoms with van der Waals surface area (Å²) in [5.74, 6) is 1.13. The Morgan fingerprint density at radius 2 is 1.38 bits per heavy atom. The lowest BCUT2D eigenvalue weighted by Gasteiger charge is -2.42. The predicted molar refractivity (Wildman–Crippen MR) is 148 cm³/mol. The number of nitrogens with zero attached hydrogens (tertiary/aromatic N) is 3. The molecule has 0 radical (unpaired) electrons. The van der Waals surface area contributed by atoms with E-state index in [1.54, 1.807) is 67.3 Å². The normalized spacial score (nSPS) is 23.4. The van der Waals surface area contributed by atoms with Gasteiger partial charge in [-0.3, -0.25) is 4.57 Å². The zero-order chi connectivity index (χ0) is 28.5. The van der Waals surface area contributed by atoms with Crippen LogP contribution in [0.4, 0.5) is 0 Å². The van der Waals surface area contributed by atoms with E-state index in [1.165, 1.54) is 14.2 Å². The number of amidine groups is 1. The number of likely N-dealkylation sites (N-methyl/N-ethyl adjacent to an activating group) is 1. The molecule has 0 amide bonds. The maximum atomic E-state index is 15.1. The fraction of sp³-hybridized carbons (Fsp3) is 0.462. The van der Waals surface area contributed by atoms with Crippen LogP contribution in [0.1, 0.15) is 38.8 Å². The SMILES string of the molecule is CCOP(=O)(OCC)C12C(c3ccc(OC)cc3)=NOC1(c1ccc(OC)cc1)C(N(CC)CC)=NS2(=O)=O. The second-order valence-corrected chi connectivity index (χ2v) is 12.9. The van der Waals surface area contributed by atoms with Crippen LogP contribution < -0.4 is 9.47 Å². The van der Waals surface area contributed by atoms with Gasteiger partial charge in [0, 0.05) is 24.2 Å². The summed E-state index contributed by atoms with van der Waals surface area (Å²) < 4.78 is 68.2. The van der Waals surface area contributed by atoms with Crippen LogP contribution >= 0.6 is 7.60 Å². The molecular weight excluding hydrogens is 545 g/mol. The summed E-state index contributed by atoms with van der Waals surface area (Å²) in [7, 11) is -6.33. The number of benzene rings is 2. The second kappa shape index (κ2) is 10.9. The highest BCUT2D eigenvalue weighted by Gasteiger charge is 2.86. The van der Waals surface area contributed by atoms with Gasteiger partial charge in [-0.25, -0.2) is 8.42 Å². The Kier molecular flexibility index (Phi) is 8.14. The van der Waals surface area contributed by atoms with Crippen LogP contribution in [0, 0.1) is 0 Å². The van der Waals surface area contributed by atoms with Gasteiger partial charge >= 0.3 is 7.60 Å². The molecule has 0 aromatic heterocycles. The Morgan fingerprint density at radius 3 is 1.85 bits per heavy atom. The van der Waals surface area contributed by atoms with Crippen molar-refractivity contribution in [1.82, 2.24) is 4.90 Å². The lowest BCUT2D eigenvalue weighted by Crippen LogP contribution is -2.61. The van der Waals surface area contributed by atoms with E-state index in [2.05, 4.69) is 9.55 Å². The van der Waals surface area contributed by atoms with E-state index < -0.39 is 27.7 Å². The molecule has 2 heterocycles. The van der Waals surface area contributed by atoms with Crippen molar-refractivity contribution in [2.75, 3.05) is 40.5 Å². The van der Waals surface area contributed by atoms with Gasteiger partial charge in [0.15, 0.2) is 5.84 Å². The Balaban J connectivity index is 2.17. The predicted octanol–water partition coefficient (Wildman–Crippen LogP) is 4.38. The van der Waals surface area contributed by atoms with Crippen molar-refractivity contribution in [3.63, 3.8) is 0 Å². The van der Waals surface area contributed by atoms with Gasteiger partial charge in [0.05, 0.1) is 27.4 Å². The summed E-state index contributed by atoms with van der Waals surface area (Å²) in [5.41, 5.74) is -1.44. The molecule has 0 spiro atoms. The molecular formula is C26H34N3O8PS. The number of ether oxygens (including phenoxy) is 2. The maximum absolute atomic E-state index is 15.1. The minimum atomic E-state index is -4.72. The van der Waals surface area contributed by atoms with Gasteiger partial charge in [0.25, 0.3) is 20.1 Å². The zero-order valence-electron chi connectivity index (χ0n) is 22.9. The molecule has 2 aromatic rings. The Labute approximate surface area is 229 Å². The van der Waals surface area contributed by atoms with Crippen molar-refractivity contribution in [1.29, 1.82) is 0 Å². The molecule has 0 saturated heterocycles. The van der Waals surface area contributed by atoms with E-state index in [0.29, 0.717) is 35.7 Å². The summed E-state index contributed by atoms with van der Waals surface area (Å²) in [6.45, 7) is 7.57. The highest BCUT2D eigenvalue weighted by atomic mass is 32.2. The number of methoxy groups -OCH3 is 2. The van der Waals surface area contributed by atoms with E-state index >= 15 is 4.57 Å². The summed E-state index contributed by atoms with van der Waals surface area (Å²) in [4.78, 5) is 8.00. The molecule has 0 bridgehead atoms. The van der Waals surface area contributed by atoms with Crippen LogP contribution in [0.2, 0.25) is 0 Å². The lowest BCUT2D eigenvalue weighted by molar-refractivity contribution is 0.0164. The first-order valence-electron chi connectivity index (χ1n) is 12.7. The van der Waals surface area contributed by atoms with Gasteiger partial charge < -0.3 is 28.3 Å². The molecule has 0 saturated carbocycles. The van der Waals surface area contributed by atoms with E-state index in [1.807, 2.05) is 13.8 Å². The van der Waals surface area contributed by atoms with Gasteiger partial charge in [0.1, 0.15) is 17.2 Å². The third-order valence-corrected chi connectivity index (χ3v) is 12.4. The number of sulfonamides is 1. The first-order valence-corrected chi connectivity index (χ1v) is 15.7. The van der Waals surface area contributed by atoms with E-state index in [0.717, 1.165) is 0 Å². The molecule has 0 aliphatic carbocycles. The molecule has 13 heteroatoms. The first kappa shape index (κ1) is 29.1. The summed E-state index contributed by atoms with van der Waals surface area (Å²) in [6, 6.07) is 13.2. The van der Waals surface area contributed by atoms with Crippen LogP contribution in [0.15, 0.2) is 58.1 Å². The number of rotatable bonds is 11. The topological polar surface area (TPSA) is 125 Å². The third kappa shape index (κ3) is 4.07. The van der Waals surface area contributed by atoms with Crippen LogP contribution in [-0.4, -0.2) is 69.9 Å². The molecule has 2 aliphatic rings. The molecule has 11 nitrogen and oxygen atoms in total. The molecule has 0 fully saturated rings. The van der Waals surface area contributed by atoms with Gasteiger partial charge in [0.2, 0.25) is 0 Å². The fourth-order valence-electron chi connectivity index (χ4n) is 5.17. The third-order valence-electron chi connectivity index (χ3n) is 6.87.